The molecule has 0 heterocycles. The van der Waals surface area contributed by atoms with Gasteiger partial charge in [-0.05, 0) is 48.5 Å². The molecule has 0 amide bonds. The second-order valence-electron chi connectivity index (χ2n) is 4.72. The average Bonchev–Trinajstić information content (AvgIpc) is 2.57. The predicted octanol–water partition coefficient (Wildman–Crippen LogP) is 3.94. The van der Waals surface area contributed by atoms with Gasteiger partial charge in [0.05, 0.1) is 12.8 Å². The molecule has 2 N–H and O–H groups in total. The van der Waals surface area contributed by atoms with Gasteiger partial charge in [-0.25, -0.2) is 4.39 Å². The van der Waals surface area contributed by atoms with Gasteiger partial charge in [0, 0.05) is 11.8 Å². The van der Waals surface area contributed by atoms with Crippen LogP contribution in [0.5, 0.6) is 5.75 Å². The zero-order valence-electron chi connectivity index (χ0n) is 13.0. The lowest BCUT2D eigenvalue weighted by Crippen LogP contribution is -2.25. The third kappa shape index (κ3) is 5.03. The Morgan fingerprint density at radius 1 is 1.22 bits per heavy atom. The standard InChI is InChI=1S/C17H18FN3OS/c1-3-16(12-7-9-13(18)10-8-12)20-21-17(23)19-14-5-4-6-15(11-14)22-2/h4-11H,3H2,1-2H3,(H2,19,21,23)/b20-16+. The van der Waals surface area contributed by atoms with Gasteiger partial charge in [-0.1, -0.05) is 25.1 Å². The highest BCUT2D eigenvalue weighted by molar-refractivity contribution is 7.80. The van der Waals surface area contributed by atoms with Crippen molar-refractivity contribution in [3.63, 3.8) is 0 Å². The summed E-state index contributed by atoms with van der Waals surface area (Å²) in [6.45, 7) is 1.97. The SMILES string of the molecule is CC/C(=N\NC(=S)Nc1cccc(OC)c1)c1ccc(F)cc1. The van der Waals surface area contributed by atoms with E-state index in [9.17, 15) is 4.39 Å². The number of nitrogens with one attached hydrogen (secondary N) is 2. The van der Waals surface area contributed by atoms with Crippen LogP contribution >= 0.6 is 12.2 Å². The Bertz CT molecular complexity index is 701. The molecule has 0 aliphatic heterocycles. The van der Waals surface area contributed by atoms with Gasteiger partial charge in [0.25, 0.3) is 0 Å². The Morgan fingerprint density at radius 2 is 1.96 bits per heavy atom. The zero-order chi connectivity index (χ0) is 16.7. The van der Waals surface area contributed by atoms with Crippen molar-refractivity contribution >= 4 is 28.7 Å². The molecule has 0 fully saturated rings. The molecule has 2 aromatic rings. The van der Waals surface area contributed by atoms with E-state index < -0.39 is 0 Å². The Balaban J connectivity index is 2.01. The maximum absolute atomic E-state index is 13.0. The number of hydrazone groups is 1. The summed E-state index contributed by atoms with van der Waals surface area (Å²) < 4.78 is 18.1. The molecule has 0 atom stereocenters. The molecule has 0 bridgehead atoms. The molecule has 0 radical (unpaired) electrons. The van der Waals surface area contributed by atoms with Crippen molar-refractivity contribution in [3.05, 3.63) is 59.9 Å². The number of halogens is 1. The van der Waals surface area contributed by atoms with Crippen LogP contribution in [0.25, 0.3) is 0 Å². The van der Waals surface area contributed by atoms with Crippen LogP contribution in [0.4, 0.5) is 10.1 Å². The minimum Gasteiger partial charge on any atom is -0.497 e. The molecule has 0 aliphatic rings. The molecule has 0 saturated heterocycles. The van der Waals surface area contributed by atoms with Gasteiger partial charge in [0.15, 0.2) is 5.11 Å². The highest BCUT2D eigenvalue weighted by atomic mass is 32.1. The molecule has 23 heavy (non-hydrogen) atoms. The van der Waals surface area contributed by atoms with Crippen LogP contribution in [-0.4, -0.2) is 17.9 Å². The smallest absolute Gasteiger partial charge is 0.191 e. The molecule has 2 aromatic carbocycles. The molecule has 0 aromatic heterocycles. The number of hydrogen-bond donors (Lipinski definition) is 2. The van der Waals surface area contributed by atoms with Crippen LogP contribution in [0.2, 0.25) is 0 Å². The van der Waals surface area contributed by atoms with Gasteiger partial charge in [-0.2, -0.15) is 5.10 Å². The van der Waals surface area contributed by atoms with E-state index in [-0.39, 0.29) is 5.82 Å². The summed E-state index contributed by atoms with van der Waals surface area (Å²) in [6, 6.07) is 13.6. The number of nitrogens with zero attached hydrogens (tertiary/aromatic N) is 1. The number of benzene rings is 2. The second-order valence-corrected chi connectivity index (χ2v) is 5.13. The maximum atomic E-state index is 13.0. The van der Waals surface area contributed by atoms with Crippen LogP contribution in [0.3, 0.4) is 0 Å². The summed E-state index contributed by atoms with van der Waals surface area (Å²) in [5, 5.41) is 7.69. The molecule has 6 heteroatoms. The Kier molecular flexibility index (Phi) is 6.05. The van der Waals surface area contributed by atoms with E-state index in [1.807, 2.05) is 31.2 Å². The fourth-order valence-corrected chi connectivity index (χ4v) is 2.13. The van der Waals surface area contributed by atoms with Crippen LogP contribution in [0.1, 0.15) is 18.9 Å². The van der Waals surface area contributed by atoms with Gasteiger partial charge in [0.1, 0.15) is 11.6 Å². The van der Waals surface area contributed by atoms with E-state index in [1.165, 1.54) is 12.1 Å². The summed E-state index contributed by atoms with van der Waals surface area (Å²) in [4.78, 5) is 0. The first-order valence-electron chi connectivity index (χ1n) is 7.16. The van der Waals surface area contributed by atoms with E-state index in [0.717, 1.165) is 22.7 Å². The Labute approximate surface area is 140 Å². The van der Waals surface area contributed by atoms with Gasteiger partial charge >= 0.3 is 0 Å². The van der Waals surface area contributed by atoms with Crippen LogP contribution in [0, 0.1) is 5.82 Å². The second kappa shape index (κ2) is 8.24. The lowest BCUT2D eigenvalue weighted by atomic mass is 10.1. The lowest BCUT2D eigenvalue weighted by molar-refractivity contribution is 0.415. The monoisotopic (exact) mass is 331 g/mol. The predicted molar refractivity (Wildman–Crippen MR) is 95.6 cm³/mol. The van der Waals surface area contributed by atoms with Crippen LogP contribution in [0.15, 0.2) is 53.6 Å². The highest BCUT2D eigenvalue weighted by Crippen LogP contribution is 2.16. The Hall–Kier alpha value is -2.47. The highest BCUT2D eigenvalue weighted by Gasteiger charge is 2.03. The van der Waals surface area contributed by atoms with Crippen molar-refractivity contribution in [1.82, 2.24) is 5.43 Å². The Morgan fingerprint density at radius 3 is 2.61 bits per heavy atom. The number of ether oxygens (including phenoxy) is 1. The first-order chi connectivity index (χ1) is 11.1. The minimum absolute atomic E-state index is 0.271. The van der Waals surface area contributed by atoms with Crippen LogP contribution in [-0.2, 0) is 0 Å². The van der Waals surface area contributed by atoms with Gasteiger partial charge in [0.2, 0.25) is 0 Å². The van der Waals surface area contributed by atoms with E-state index >= 15 is 0 Å². The number of rotatable bonds is 5. The van der Waals surface area contributed by atoms with Gasteiger partial charge < -0.3 is 10.1 Å². The van der Waals surface area contributed by atoms with Crippen LogP contribution < -0.4 is 15.5 Å². The van der Waals surface area contributed by atoms with E-state index in [2.05, 4.69) is 15.8 Å². The molecule has 0 aliphatic carbocycles. The summed E-state index contributed by atoms with van der Waals surface area (Å²) >= 11 is 5.22. The number of hydrogen-bond acceptors (Lipinski definition) is 3. The molecule has 0 unspecified atom stereocenters. The molecular weight excluding hydrogens is 313 g/mol. The summed E-state index contributed by atoms with van der Waals surface area (Å²) in [5.41, 5.74) is 5.25. The molecular formula is C17H18FN3OS. The molecule has 120 valence electrons. The molecule has 2 rings (SSSR count). The summed E-state index contributed by atoms with van der Waals surface area (Å²) in [7, 11) is 1.61. The van der Waals surface area contributed by atoms with Crippen molar-refractivity contribution in [3.8, 4) is 5.75 Å². The van der Waals surface area contributed by atoms with Crippen molar-refractivity contribution < 1.29 is 9.13 Å². The summed E-state index contributed by atoms with van der Waals surface area (Å²) in [5.74, 6) is 0.467. The number of anilines is 1. The number of methoxy groups -OCH3 is 1. The quantitative estimate of drug-likeness (QED) is 0.495. The minimum atomic E-state index is -0.271. The van der Waals surface area contributed by atoms with E-state index in [0.29, 0.717) is 11.5 Å². The third-order valence-electron chi connectivity index (χ3n) is 3.13. The molecule has 4 nitrogen and oxygen atoms in total. The van der Waals surface area contributed by atoms with Crippen molar-refractivity contribution in [2.45, 2.75) is 13.3 Å². The lowest BCUT2D eigenvalue weighted by Gasteiger charge is -2.10. The first kappa shape index (κ1) is 16.9. The fourth-order valence-electron chi connectivity index (χ4n) is 1.97. The van der Waals surface area contributed by atoms with E-state index in [4.69, 9.17) is 17.0 Å². The number of thiocarbonyl (C=S) groups is 1. The van der Waals surface area contributed by atoms with Gasteiger partial charge in [-0.3, -0.25) is 5.43 Å². The van der Waals surface area contributed by atoms with E-state index in [1.54, 1.807) is 19.2 Å². The fraction of sp³-hybridized carbons (Fsp3) is 0.176. The zero-order valence-corrected chi connectivity index (χ0v) is 13.8. The van der Waals surface area contributed by atoms with Crippen molar-refractivity contribution in [2.75, 3.05) is 12.4 Å². The van der Waals surface area contributed by atoms with Crippen molar-refractivity contribution in [2.24, 2.45) is 5.10 Å². The maximum Gasteiger partial charge on any atom is 0.191 e. The average molecular weight is 331 g/mol. The third-order valence-corrected chi connectivity index (χ3v) is 3.33. The summed E-state index contributed by atoms with van der Waals surface area (Å²) in [6.07, 6.45) is 0.695. The molecule has 0 saturated carbocycles. The first-order valence-corrected chi connectivity index (χ1v) is 7.56. The largest absolute Gasteiger partial charge is 0.497 e. The van der Waals surface area contributed by atoms with Crippen molar-refractivity contribution in [1.29, 1.82) is 0 Å². The van der Waals surface area contributed by atoms with Gasteiger partial charge in [-0.15, -0.1) is 0 Å². The molecule has 0 spiro atoms. The topological polar surface area (TPSA) is 45.7 Å². The normalized spacial score (nSPS) is 11.0.